The number of amides is 2. The van der Waals surface area contributed by atoms with Crippen molar-refractivity contribution in [2.45, 2.75) is 58.0 Å². The molecule has 0 saturated heterocycles. The molecule has 196 valence electrons. The van der Waals surface area contributed by atoms with Crippen LogP contribution >= 0.6 is 0 Å². The molecule has 0 radical (unpaired) electrons. The van der Waals surface area contributed by atoms with Crippen molar-refractivity contribution < 1.29 is 19.1 Å². The van der Waals surface area contributed by atoms with Crippen LogP contribution in [-0.4, -0.2) is 54.2 Å². The summed E-state index contributed by atoms with van der Waals surface area (Å²) in [4.78, 5) is 33.6. The molecule has 0 spiro atoms. The number of hydrogen-bond donors (Lipinski definition) is 5. The maximum Gasteiger partial charge on any atom is 0.404 e. The van der Waals surface area contributed by atoms with Crippen LogP contribution in [0.1, 0.15) is 55.1 Å². The van der Waals surface area contributed by atoms with Crippen molar-refractivity contribution in [3.63, 3.8) is 0 Å². The number of pyridine rings is 2. The summed E-state index contributed by atoms with van der Waals surface area (Å²) in [5.74, 6) is -1.60. The van der Waals surface area contributed by atoms with E-state index in [1.54, 1.807) is 19.9 Å². The molecular formula is C24H30FN9O3. The van der Waals surface area contributed by atoms with Gasteiger partial charge in [0.05, 0.1) is 41.6 Å². The first-order valence-electron chi connectivity index (χ1n) is 12.1. The van der Waals surface area contributed by atoms with Gasteiger partial charge in [-0.1, -0.05) is 19.3 Å². The second-order valence-corrected chi connectivity index (χ2v) is 9.16. The third-order valence-electron chi connectivity index (χ3n) is 6.55. The molecule has 0 aromatic carbocycles. The topological polar surface area (TPSA) is 173 Å². The Labute approximate surface area is 212 Å². The highest BCUT2D eigenvalue weighted by atomic mass is 19.1. The van der Waals surface area contributed by atoms with Crippen LogP contribution in [0.3, 0.4) is 0 Å². The molecule has 1 fully saturated rings. The van der Waals surface area contributed by atoms with Gasteiger partial charge in [-0.05, 0) is 44.7 Å². The lowest BCUT2D eigenvalue weighted by molar-refractivity contribution is 0.1000. The van der Waals surface area contributed by atoms with Crippen molar-refractivity contribution in [1.29, 1.82) is 0 Å². The molecule has 2 atom stereocenters. The maximum atomic E-state index is 15.2. The number of nitrogens with zero attached hydrogens (tertiary/aromatic N) is 5. The molecule has 13 heteroatoms. The molecular weight excluding hydrogens is 481 g/mol. The van der Waals surface area contributed by atoms with Crippen molar-refractivity contribution in [2.24, 2.45) is 11.7 Å². The molecule has 37 heavy (non-hydrogen) atoms. The van der Waals surface area contributed by atoms with E-state index in [4.69, 9.17) is 5.73 Å². The number of hydrogen-bond acceptors (Lipinski definition) is 8. The van der Waals surface area contributed by atoms with Crippen LogP contribution in [0.5, 0.6) is 0 Å². The zero-order valence-electron chi connectivity index (χ0n) is 20.6. The second-order valence-electron chi connectivity index (χ2n) is 9.16. The minimum Gasteiger partial charge on any atom is -0.465 e. The third kappa shape index (κ3) is 6.11. The fourth-order valence-corrected chi connectivity index (χ4v) is 4.73. The normalized spacial score (nSPS) is 15.5. The number of nitrogens with one attached hydrogen (secondary N) is 3. The number of carbonyl (C=O) groups is 2. The highest BCUT2D eigenvalue weighted by molar-refractivity contribution is 5.98. The van der Waals surface area contributed by atoms with E-state index in [1.165, 1.54) is 23.4 Å². The maximum absolute atomic E-state index is 15.2. The molecule has 0 unspecified atom stereocenters. The molecule has 6 N–H and O–H groups in total. The van der Waals surface area contributed by atoms with Crippen LogP contribution < -0.4 is 21.7 Å². The minimum atomic E-state index is -1.16. The van der Waals surface area contributed by atoms with E-state index in [2.05, 4.69) is 36.1 Å². The Kier molecular flexibility index (Phi) is 7.80. The monoisotopic (exact) mass is 511 g/mol. The van der Waals surface area contributed by atoms with Gasteiger partial charge in [0.1, 0.15) is 11.5 Å². The largest absolute Gasteiger partial charge is 0.465 e. The average molecular weight is 512 g/mol. The Bertz CT molecular complexity index is 1260. The number of carboxylic acid groups (broad SMARTS) is 1. The minimum absolute atomic E-state index is 0.0302. The summed E-state index contributed by atoms with van der Waals surface area (Å²) in [5.41, 5.74) is 7.09. The van der Waals surface area contributed by atoms with Crippen LogP contribution in [-0.2, 0) is 0 Å². The van der Waals surface area contributed by atoms with Crippen molar-refractivity contribution in [3.8, 4) is 5.69 Å². The fraction of sp³-hybridized carbons (Fsp3) is 0.417. The second kappa shape index (κ2) is 11.2. The molecule has 1 saturated carbocycles. The molecule has 3 aromatic heterocycles. The van der Waals surface area contributed by atoms with Gasteiger partial charge < -0.3 is 26.8 Å². The lowest BCUT2D eigenvalue weighted by atomic mass is 9.81. The molecule has 3 aromatic rings. The number of rotatable bonds is 9. The Morgan fingerprint density at radius 1 is 1.16 bits per heavy atom. The predicted octanol–water partition coefficient (Wildman–Crippen LogP) is 3.36. The van der Waals surface area contributed by atoms with Crippen molar-refractivity contribution in [1.82, 2.24) is 30.3 Å². The van der Waals surface area contributed by atoms with E-state index >= 15 is 4.39 Å². The van der Waals surface area contributed by atoms with Gasteiger partial charge in [-0.2, -0.15) is 10.2 Å². The van der Waals surface area contributed by atoms with Gasteiger partial charge in [0.2, 0.25) is 0 Å². The van der Waals surface area contributed by atoms with E-state index in [0.717, 1.165) is 38.2 Å². The highest BCUT2D eigenvalue weighted by Crippen LogP contribution is 2.31. The summed E-state index contributed by atoms with van der Waals surface area (Å²) >= 11 is 0. The first-order chi connectivity index (χ1) is 17.7. The summed E-state index contributed by atoms with van der Waals surface area (Å²) in [6.07, 6.45) is 8.35. The molecule has 1 aliphatic rings. The molecule has 0 bridgehead atoms. The smallest absolute Gasteiger partial charge is 0.404 e. The van der Waals surface area contributed by atoms with E-state index in [-0.39, 0.29) is 23.1 Å². The summed E-state index contributed by atoms with van der Waals surface area (Å²) in [6.45, 7) is 3.53. The van der Waals surface area contributed by atoms with Crippen LogP contribution in [0.25, 0.3) is 5.69 Å². The molecule has 2 amide bonds. The van der Waals surface area contributed by atoms with Crippen molar-refractivity contribution in [3.05, 3.63) is 47.8 Å². The van der Waals surface area contributed by atoms with Gasteiger partial charge in [0.15, 0.2) is 11.6 Å². The van der Waals surface area contributed by atoms with Crippen LogP contribution in [0.15, 0.2) is 30.7 Å². The van der Waals surface area contributed by atoms with Gasteiger partial charge in [0.25, 0.3) is 5.91 Å². The van der Waals surface area contributed by atoms with Gasteiger partial charge in [0, 0.05) is 6.04 Å². The summed E-state index contributed by atoms with van der Waals surface area (Å²) < 4.78 is 15.2. The summed E-state index contributed by atoms with van der Waals surface area (Å²) in [5, 5.41) is 26.1. The zero-order valence-corrected chi connectivity index (χ0v) is 20.6. The van der Waals surface area contributed by atoms with E-state index in [9.17, 15) is 14.7 Å². The van der Waals surface area contributed by atoms with Gasteiger partial charge in [-0.25, -0.2) is 14.2 Å². The van der Waals surface area contributed by atoms with Crippen LogP contribution in [0.4, 0.5) is 26.5 Å². The standard InChI is InChI=1S/C24H30FN9O3/c1-13-19(34-28-8-9-29-34)10-16(12-27-13)31-22-17(21(26)35)11-18(25)23(33-22)32-20(14(2)30-24(36)37)15-6-4-3-5-7-15/h8-12,14-15,20,30H,3-7H2,1-2H3,(H2,26,35)(H,36,37)(H2,31,32,33)/t14-,20+/m0/s1. The van der Waals surface area contributed by atoms with Crippen LogP contribution in [0.2, 0.25) is 0 Å². The number of aromatic nitrogens is 5. The Morgan fingerprint density at radius 3 is 2.51 bits per heavy atom. The van der Waals surface area contributed by atoms with E-state index < -0.39 is 29.9 Å². The average Bonchev–Trinajstić information content (AvgIpc) is 3.40. The third-order valence-corrected chi connectivity index (χ3v) is 6.55. The number of aryl methyl sites for hydroxylation is 1. The Morgan fingerprint density at radius 2 is 1.86 bits per heavy atom. The number of primary amides is 1. The van der Waals surface area contributed by atoms with Crippen molar-refractivity contribution >= 4 is 29.3 Å². The Balaban J connectivity index is 1.67. The number of halogens is 1. The number of carbonyl (C=O) groups excluding carboxylic acids is 1. The molecule has 0 aliphatic heterocycles. The Hall–Kier alpha value is -4.29. The quantitative estimate of drug-likeness (QED) is 0.289. The SMILES string of the molecule is Cc1ncc(Nc2nc(N[C@@H](C3CCCCC3)[C@H](C)NC(=O)O)c(F)cc2C(N)=O)cc1-n1nccn1. The lowest BCUT2D eigenvalue weighted by Crippen LogP contribution is -2.49. The summed E-state index contributed by atoms with van der Waals surface area (Å²) in [6, 6.07) is 1.81. The lowest BCUT2D eigenvalue weighted by Gasteiger charge is -2.35. The highest BCUT2D eigenvalue weighted by Gasteiger charge is 2.31. The zero-order chi connectivity index (χ0) is 26.5. The van der Waals surface area contributed by atoms with Crippen LogP contribution in [0, 0.1) is 18.7 Å². The van der Waals surface area contributed by atoms with E-state index in [1.807, 2.05) is 0 Å². The van der Waals surface area contributed by atoms with E-state index in [0.29, 0.717) is 17.1 Å². The van der Waals surface area contributed by atoms with Gasteiger partial charge >= 0.3 is 6.09 Å². The molecule has 12 nitrogen and oxygen atoms in total. The number of anilines is 3. The van der Waals surface area contributed by atoms with Gasteiger partial charge in [-0.3, -0.25) is 9.78 Å². The molecule has 4 rings (SSSR count). The molecule has 3 heterocycles. The predicted molar refractivity (Wildman–Crippen MR) is 134 cm³/mol. The summed E-state index contributed by atoms with van der Waals surface area (Å²) in [7, 11) is 0. The first-order valence-corrected chi connectivity index (χ1v) is 12.1. The fourth-order valence-electron chi connectivity index (χ4n) is 4.73. The van der Waals surface area contributed by atoms with Gasteiger partial charge in [-0.15, -0.1) is 4.80 Å². The first kappa shape index (κ1) is 25.8. The molecule has 1 aliphatic carbocycles. The van der Waals surface area contributed by atoms with Crippen molar-refractivity contribution in [2.75, 3.05) is 10.6 Å². The number of nitrogens with two attached hydrogens (primary N) is 1.